The number of carbonyl (C=O) groups is 3. The van der Waals surface area contributed by atoms with E-state index in [1.165, 1.54) is 11.3 Å². The summed E-state index contributed by atoms with van der Waals surface area (Å²) in [6.45, 7) is 15.5. The highest BCUT2D eigenvalue weighted by Crippen LogP contribution is 2.48. The van der Waals surface area contributed by atoms with Crippen LogP contribution in [0.3, 0.4) is 0 Å². The summed E-state index contributed by atoms with van der Waals surface area (Å²) in [4.78, 5) is 55.8. The minimum Gasteiger partial charge on any atom is -0.464 e. The molecule has 1 unspecified atom stereocenters. The summed E-state index contributed by atoms with van der Waals surface area (Å²) in [5, 5.41) is 8.67. The topological polar surface area (TPSA) is 159 Å². The molecular weight excluding hydrogens is 859 g/mol. The van der Waals surface area contributed by atoms with Crippen LogP contribution in [0.25, 0.3) is 33.4 Å². The first kappa shape index (κ1) is 45.5. The van der Waals surface area contributed by atoms with Gasteiger partial charge in [-0.05, 0) is 80.7 Å². The van der Waals surface area contributed by atoms with Crippen molar-refractivity contribution < 1.29 is 38.1 Å². The number of carbonyl (C=O) groups excluding carboxylic acids is 3. The molecule has 8 heterocycles. The maximum Gasteiger partial charge on any atom is 0.324 e. The van der Waals surface area contributed by atoms with Gasteiger partial charge in [0.2, 0.25) is 5.91 Å². The highest BCUT2D eigenvalue weighted by Gasteiger charge is 2.56. The van der Waals surface area contributed by atoms with Gasteiger partial charge in [-0.2, -0.15) is 0 Å². The highest BCUT2D eigenvalue weighted by atomic mass is 32.1. The van der Waals surface area contributed by atoms with Gasteiger partial charge in [0.15, 0.2) is 0 Å². The summed E-state index contributed by atoms with van der Waals surface area (Å²) in [5.74, 6) is -0.564. The molecule has 6 bridgehead atoms. The van der Waals surface area contributed by atoms with Gasteiger partial charge in [-0.15, -0.1) is 11.3 Å². The summed E-state index contributed by atoms with van der Waals surface area (Å²) in [6, 6.07) is 8.38. The molecule has 15 nitrogen and oxygen atoms in total. The number of aromatic nitrogens is 3. The van der Waals surface area contributed by atoms with Gasteiger partial charge in [0.1, 0.15) is 17.1 Å². The predicted molar refractivity (Wildman–Crippen MR) is 249 cm³/mol. The summed E-state index contributed by atoms with van der Waals surface area (Å²) in [6.07, 6.45) is 6.06. The number of rotatable bonds is 10. The van der Waals surface area contributed by atoms with E-state index in [1.807, 2.05) is 19.2 Å². The van der Waals surface area contributed by atoms with Crippen molar-refractivity contribution in [1.29, 1.82) is 0 Å². The number of nitrogens with zero attached hydrogens (tertiary/aromatic N) is 5. The average Bonchev–Trinajstić information content (AvgIpc) is 3.56. The third-order valence-corrected chi connectivity index (χ3v) is 16.2. The van der Waals surface area contributed by atoms with E-state index in [2.05, 4.69) is 77.6 Å². The van der Waals surface area contributed by atoms with Gasteiger partial charge >= 0.3 is 5.97 Å². The lowest BCUT2D eigenvalue weighted by molar-refractivity contribution is -0.232. The minimum absolute atomic E-state index is 0.129. The largest absolute Gasteiger partial charge is 0.464 e. The number of amides is 2. The van der Waals surface area contributed by atoms with Crippen LogP contribution in [-0.2, 0) is 51.0 Å². The first-order valence-corrected chi connectivity index (χ1v) is 24.9. The molecule has 1 saturated carbocycles. The molecule has 3 aromatic heterocycles. The molecule has 10 rings (SSSR count). The molecule has 16 heteroatoms. The zero-order valence-corrected chi connectivity index (χ0v) is 40.0. The summed E-state index contributed by atoms with van der Waals surface area (Å²) < 4.78 is 32.8. The number of pyridine rings is 1. The number of thiazole rings is 1. The van der Waals surface area contributed by atoms with E-state index >= 15 is 4.79 Å². The Labute approximate surface area is 391 Å². The fourth-order valence-electron chi connectivity index (χ4n) is 11.0. The Morgan fingerprint density at radius 3 is 2.61 bits per heavy atom. The Morgan fingerprint density at radius 2 is 1.88 bits per heavy atom. The molecule has 2 N–H and O–H groups in total. The average molecular weight is 924 g/mol. The number of benzene rings is 1. The van der Waals surface area contributed by atoms with Crippen LogP contribution in [0.1, 0.15) is 95.1 Å². The lowest BCUT2D eigenvalue weighted by Gasteiger charge is -2.58. The van der Waals surface area contributed by atoms with Crippen LogP contribution >= 0.6 is 11.3 Å². The van der Waals surface area contributed by atoms with E-state index in [1.54, 1.807) is 12.1 Å². The Kier molecular flexibility index (Phi) is 12.6. The zero-order valence-electron chi connectivity index (χ0n) is 39.2. The fraction of sp³-hybridized carbons (Fsp3) is 0.620. The number of ether oxygens (including phenoxy) is 5. The van der Waals surface area contributed by atoms with Gasteiger partial charge in [0.25, 0.3) is 5.91 Å². The number of hydrogen-bond acceptors (Lipinski definition) is 13. The van der Waals surface area contributed by atoms with Crippen LogP contribution in [0.2, 0.25) is 0 Å². The molecule has 1 spiro atoms. The van der Waals surface area contributed by atoms with Crippen LogP contribution in [0.15, 0.2) is 41.9 Å². The van der Waals surface area contributed by atoms with Crippen molar-refractivity contribution in [3.05, 3.63) is 58.2 Å². The third kappa shape index (κ3) is 8.71. The normalized spacial score (nSPS) is 28.3. The molecule has 1 aliphatic carbocycles. The molecule has 7 atom stereocenters. The van der Waals surface area contributed by atoms with Crippen LogP contribution in [-0.4, -0.2) is 126 Å². The Morgan fingerprint density at radius 1 is 1.09 bits per heavy atom. The zero-order chi connectivity index (χ0) is 45.9. The van der Waals surface area contributed by atoms with Crippen molar-refractivity contribution in [3.8, 4) is 22.5 Å². The van der Waals surface area contributed by atoms with Gasteiger partial charge < -0.3 is 33.6 Å². The third-order valence-electron chi connectivity index (χ3n) is 15.3. The van der Waals surface area contributed by atoms with Crippen molar-refractivity contribution in [1.82, 2.24) is 35.2 Å². The number of hydrogen-bond donors (Lipinski definition) is 2. The lowest BCUT2D eigenvalue weighted by Crippen LogP contribution is -2.71. The number of hydrazine groups is 1. The first-order chi connectivity index (χ1) is 31.8. The second-order valence-electron chi connectivity index (χ2n) is 20.4. The van der Waals surface area contributed by atoms with E-state index in [0.717, 1.165) is 68.9 Å². The van der Waals surface area contributed by atoms with Gasteiger partial charge in [-0.3, -0.25) is 29.3 Å². The monoisotopic (exact) mass is 923 g/mol. The Hall–Kier alpha value is -4.29. The van der Waals surface area contributed by atoms with E-state index in [9.17, 15) is 9.59 Å². The summed E-state index contributed by atoms with van der Waals surface area (Å²) in [7, 11) is 1.71. The number of nitrogens with one attached hydrogen (secondary N) is 2. The number of methoxy groups -OCH3 is 1. The lowest BCUT2D eigenvalue weighted by atomic mass is 9.83. The van der Waals surface area contributed by atoms with Gasteiger partial charge in [-0.1, -0.05) is 33.8 Å². The number of likely N-dealkylation sites (tertiary alicyclic amines) is 1. The van der Waals surface area contributed by atoms with Crippen molar-refractivity contribution >= 4 is 40.0 Å². The number of cyclic esters (lactones) is 1. The van der Waals surface area contributed by atoms with Crippen LogP contribution in [0.5, 0.6) is 0 Å². The quantitative estimate of drug-likeness (QED) is 0.173. The fourth-order valence-corrected chi connectivity index (χ4v) is 11.9. The maximum absolute atomic E-state index is 15.0. The predicted octanol–water partition coefficient (Wildman–Crippen LogP) is 6.25. The van der Waals surface area contributed by atoms with Crippen LogP contribution < -0.4 is 10.7 Å². The van der Waals surface area contributed by atoms with Gasteiger partial charge in [0, 0.05) is 97.9 Å². The second-order valence-corrected chi connectivity index (χ2v) is 21.3. The van der Waals surface area contributed by atoms with Crippen molar-refractivity contribution in [3.63, 3.8) is 0 Å². The molecule has 66 heavy (non-hydrogen) atoms. The molecule has 6 aliphatic rings. The molecule has 5 fully saturated rings. The molecule has 354 valence electrons. The van der Waals surface area contributed by atoms with Crippen LogP contribution in [0.4, 0.5) is 0 Å². The van der Waals surface area contributed by atoms with Crippen LogP contribution in [0, 0.1) is 23.2 Å². The minimum atomic E-state index is -0.966. The Bertz CT molecular complexity index is 2440. The smallest absolute Gasteiger partial charge is 0.324 e. The Balaban J connectivity index is 1.12. The first-order valence-electron chi connectivity index (χ1n) is 24.0. The highest BCUT2D eigenvalue weighted by molar-refractivity contribution is 7.10. The molecule has 4 saturated heterocycles. The van der Waals surface area contributed by atoms with E-state index < -0.39 is 29.5 Å². The van der Waals surface area contributed by atoms with Crippen molar-refractivity contribution in [2.24, 2.45) is 23.2 Å². The molecule has 1 aromatic carbocycles. The SMILES string of the molecule is CO[C@@H](C)c1ncccc1-c1c2c3cc(ccc3n1CCOC1CCOCC1)-c1csc(n1)[C@@H](N1CC3(CCO3)C1)[C@H](NC(=O)C1[C@@H](C)[C@H]1C)C(=O)N1CCC[C@H](N1)C(=O)OCC(C)(C)C2. The standard InChI is InChI=1S/C50H65N7O8S/c1-29-30(2)40(29)45(58)53-42-44(55-26-50(27-55)15-21-65-50)46-52-38(25-66-46)32-11-12-39-35(23-32)36(24-49(4,5)28-64-48(60)37-10-8-17-57(54-37)47(42)59)43(34-9-7-16-51-41(34)31(3)61-6)56(39)18-22-63-33-13-19-62-20-14-33/h7,9,11-12,16,23,25,29-31,33,37,40,42,44,54H,8,10,13-15,17-22,24,26-28H2,1-6H3,(H,53,58)/t29-,30+,31-,37-,40?,42-,44-/m0/s1. The van der Waals surface area contributed by atoms with Gasteiger partial charge in [0.05, 0.1) is 60.8 Å². The summed E-state index contributed by atoms with van der Waals surface area (Å²) >= 11 is 1.51. The van der Waals surface area contributed by atoms with Crippen molar-refractivity contribution in [2.75, 3.05) is 59.8 Å². The summed E-state index contributed by atoms with van der Waals surface area (Å²) in [5.41, 5.74) is 9.22. The second kappa shape index (κ2) is 18.3. The molecule has 2 amide bonds. The van der Waals surface area contributed by atoms with Crippen molar-refractivity contribution in [2.45, 2.75) is 116 Å². The maximum atomic E-state index is 15.0. The molecule has 0 radical (unpaired) electrons. The van der Waals surface area contributed by atoms with E-state index in [-0.39, 0.29) is 54.0 Å². The number of esters is 1. The molecule has 4 aromatic rings. The number of fused-ring (bicyclic) bond motifs is 6. The van der Waals surface area contributed by atoms with E-state index in [4.69, 9.17) is 33.7 Å². The van der Waals surface area contributed by atoms with E-state index in [0.29, 0.717) is 71.9 Å². The molecule has 5 aliphatic heterocycles. The molecular formula is C50H65N7O8S. The van der Waals surface area contributed by atoms with Gasteiger partial charge in [-0.25, -0.2) is 10.4 Å².